The molecule has 1 saturated carbocycles. The van der Waals surface area contributed by atoms with Crippen molar-refractivity contribution in [2.75, 3.05) is 6.54 Å². The summed E-state index contributed by atoms with van der Waals surface area (Å²) < 4.78 is 27.3. The molecule has 0 radical (unpaired) electrons. The van der Waals surface area contributed by atoms with Crippen molar-refractivity contribution in [3.63, 3.8) is 0 Å². The van der Waals surface area contributed by atoms with Gasteiger partial charge >= 0.3 is 0 Å². The molecule has 2 rings (SSSR count). The number of hydrogen-bond donors (Lipinski definition) is 2. The quantitative estimate of drug-likeness (QED) is 0.713. The molecule has 114 valence electrons. The van der Waals surface area contributed by atoms with Crippen LogP contribution in [0.5, 0.6) is 0 Å². The van der Waals surface area contributed by atoms with Crippen molar-refractivity contribution in [1.82, 2.24) is 4.72 Å². The highest BCUT2D eigenvalue weighted by Gasteiger charge is 2.30. The molecule has 4 nitrogen and oxygen atoms in total. The monoisotopic (exact) mass is 422 g/mol. The third-order valence-corrected chi connectivity index (χ3v) is 6.37. The highest BCUT2D eigenvalue weighted by atomic mass is 79.9. The molecule has 1 unspecified atom stereocenters. The first-order chi connectivity index (χ1) is 8.83. The molecule has 9 heteroatoms. The minimum absolute atomic E-state index is 0. The molecule has 0 saturated heterocycles. The van der Waals surface area contributed by atoms with Gasteiger partial charge < -0.3 is 5.73 Å². The van der Waals surface area contributed by atoms with E-state index in [0.717, 1.165) is 12.8 Å². The fourth-order valence-corrected chi connectivity index (χ4v) is 3.98. The van der Waals surface area contributed by atoms with E-state index >= 15 is 0 Å². The Balaban J connectivity index is 0.00000200. The van der Waals surface area contributed by atoms with E-state index in [1.807, 2.05) is 0 Å². The summed E-state index contributed by atoms with van der Waals surface area (Å²) in [7, 11) is -3.70. The minimum Gasteiger partial charge on any atom is -0.326 e. The van der Waals surface area contributed by atoms with Crippen molar-refractivity contribution in [2.24, 2.45) is 11.7 Å². The summed E-state index contributed by atoms with van der Waals surface area (Å²) in [4.78, 5) is -0.0367. The van der Waals surface area contributed by atoms with E-state index in [2.05, 4.69) is 20.7 Å². The van der Waals surface area contributed by atoms with Crippen LogP contribution in [0.2, 0.25) is 10.0 Å². The number of hydrogen-bond acceptors (Lipinski definition) is 3. The molecule has 1 aliphatic rings. The topological polar surface area (TPSA) is 72.2 Å². The summed E-state index contributed by atoms with van der Waals surface area (Å²) in [6, 6.07) is 2.80. The average Bonchev–Trinajstić information content (AvgIpc) is 3.17. The Morgan fingerprint density at radius 2 is 1.95 bits per heavy atom. The SMILES string of the molecule is Cl.NC(CNS(=O)(=O)c1ccc(Br)c(Cl)c1Cl)C1CC1. The molecule has 1 atom stereocenters. The van der Waals surface area contributed by atoms with Gasteiger partial charge in [0.1, 0.15) is 4.90 Å². The molecule has 1 aliphatic carbocycles. The molecule has 0 spiro atoms. The summed E-state index contributed by atoms with van der Waals surface area (Å²) in [6.07, 6.45) is 2.13. The summed E-state index contributed by atoms with van der Waals surface area (Å²) in [5.74, 6) is 0.423. The van der Waals surface area contributed by atoms with Gasteiger partial charge in [0.25, 0.3) is 0 Å². The van der Waals surface area contributed by atoms with E-state index in [1.165, 1.54) is 6.07 Å². The largest absolute Gasteiger partial charge is 0.326 e. The number of nitrogens with two attached hydrogens (primary N) is 1. The van der Waals surface area contributed by atoms with Gasteiger partial charge in [0.15, 0.2) is 0 Å². The minimum atomic E-state index is -3.70. The Morgan fingerprint density at radius 1 is 1.35 bits per heavy atom. The van der Waals surface area contributed by atoms with Crippen LogP contribution < -0.4 is 10.5 Å². The molecular formula is C11H14BrCl3N2O2S. The summed E-state index contributed by atoms with van der Waals surface area (Å²) in [6.45, 7) is 0.205. The second-order valence-corrected chi connectivity index (χ2v) is 7.87. The van der Waals surface area contributed by atoms with E-state index in [4.69, 9.17) is 28.9 Å². The molecule has 3 N–H and O–H groups in total. The Bertz CT molecular complexity index is 594. The second kappa shape index (κ2) is 7.13. The Morgan fingerprint density at radius 3 is 2.50 bits per heavy atom. The number of nitrogens with one attached hydrogen (secondary N) is 1. The predicted octanol–water partition coefficient (Wildman–Crippen LogP) is 3.19. The van der Waals surface area contributed by atoms with Crippen molar-refractivity contribution in [3.8, 4) is 0 Å². The van der Waals surface area contributed by atoms with Crippen molar-refractivity contribution >= 4 is 61.6 Å². The van der Waals surface area contributed by atoms with Crippen LogP contribution >= 0.6 is 51.5 Å². The maximum absolute atomic E-state index is 12.1. The molecule has 1 aromatic rings. The van der Waals surface area contributed by atoms with Gasteiger partial charge in [0.2, 0.25) is 10.0 Å². The molecule has 20 heavy (non-hydrogen) atoms. The fourth-order valence-electron chi connectivity index (χ4n) is 1.69. The van der Waals surface area contributed by atoms with Gasteiger partial charge in [-0.25, -0.2) is 13.1 Å². The first-order valence-electron chi connectivity index (χ1n) is 5.71. The lowest BCUT2D eigenvalue weighted by Crippen LogP contribution is -2.38. The summed E-state index contributed by atoms with van der Waals surface area (Å²) >= 11 is 15.1. The van der Waals surface area contributed by atoms with Crippen LogP contribution in [0.15, 0.2) is 21.5 Å². The average molecular weight is 425 g/mol. The number of sulfonamides is 1. The highest BCUT2D eigenvalue weighted by molar-refractivity contribution is 9.10. The first kappa shape index (κ1) is 18.5. The smallest absolute Gasteiger partial charge is 0.242 e. The van der Waals surface area contributed by atoms with Crippen molar-refractivity contribution < 1.29 is 8.42 Å². The Hall–Kier alpha value is 0.440. The van der Waals surface area contributed by atoms with Crippen LogP contribution in [0.4, 0.5) is 0 Å². The maximum atomic E-state index is 12.1. The number of halogens is 4. The van der Waals surface area contributed by atoms with Crippen LogP contribution in [-0.4, -0.2) is 21.0 Å². The molecule has 0 bridgehead atoms. The molecule has 0 aliphatic heterocycles. The zero-order chi connectivity index (χ0) is 14.2. The van der Waals surface area contributed by atoms with Crippen LogP contribution in [0.25, 0.3) is 0 Å². The third-order valence-electron chi connectivity index (χ3n) is 3.03. The van der Waals surface area contributed by atoms with Gasteiger partial charge in [-0.3, -0.25) is 0 Å². The fraction of sp³-hybridized carbons (Fsp3) is 0.455. The van der Waals surface area contributed by atoms with E-state index in [1.54, 1.807) is 6.07 Å². The standard InChI is InChI=1S/C11H13BrCl2N2O2S.ClH/c12-7-3-4-9(11(14)10(7)13)19(17,18)16-5-8(15)6-1-2-6;/h3-4,6,8,16H,1-2,5,15H2;1H. The molecule has 0 heterocycles. The predicted molar refractivity (Wildman–Crippen MR) is 87.3 cm³/mol. The van der Waals surface area contributed by atoms with Gasteiger partial charge in [-0.2, -0.15) is 0 Å². The summed E-state index contributed by atoms with van der Waals surface area (Å²) in [5, 5.41) is 0.180. The lowest BCUT2D eigenvalue weighted by molar-refractivity contribution is 0.548. The van der Waals surface area contributed by atoms with Gasteiger partial charge in [0.05, 0.1) is 10.0 Å². The molecule has 0 amide bonds. The lowest BCUT2D eigenvalue weighted by Gasteiger charge is -2.13. The van der Waals surface area contributed by atoms with Crippen molar-refractivity contribution in [2.45, 2.75) is 23.8 Å². The van der Waals surface area contributed by atoms with Crippen LogP contribution in [0, 0.1) is 5.92 Å². The Labute approximate surface area is 143 Å². The normalized spacial score (nSPS) is 16.6. The van der Waals surface area contributed by atoms with E-state index in [9.17, 15) is 8.42 Å². The number of benzene rings is 1. The highest BCUT2D eigenvalue weighted by Crippen LogP contribution is 2.35. The number of rotatable bonds is 5. The van der Waals surface area contributed by atoms with Crippen molar-refractivity contribution in [3.05, 3.63) is 26.7 Å². The van der Waals surface area contributed by atoms with E-state index < -0.39 is 10.0 Å². The third kappa shape index (κ3) is 4.22. The van der Waals surface area contributed by atoms with Crippen LogP contribution in [0.3, 0.4) is 0 Å². The first-order valence-corrected chi connectivity index (χ1v) is 8.75. The molecule has 1 aromatic carbocycles. The van der Waals surface area contributed by atoms with Gasteiger partial charge in [-0.15, -0.1) is 12.4 Å². The van der Waals surface area contributed by atoms with Crippen LogP contribution in [-0.2, 0) is 10.0 Å². The second-order valence-electron chi connectivity index (χ2n) is 4.53. The van der Waals surface area contributed by atoms with Crippen molar-refractivity contribution in [1.29, 1.82) is 0 Å². The van der Waals surface area contributed by atoms with Gasteiger partial charge in [-0.05, 0) is 46.8 Å². The van der Waals surface area contributed by atoms with Gasteiger partial charge in [0, 0.05) is 17.1 Å². The van der Waals surface area contributed by atoms with Crippen LogP contribution in [0.1, 0.15) is 12.8 Å². The maximum Gasteiger partial charge on any atom is 0.242 e. The molecule has 0 aromatic heterocycles. The van der Waals surface area contributed by atoms with E-state index in [-0.39, 0.29) is 39.9 Å². The van der Waals surface area contributed by atoms with E-state index in [0.29, 0.717) is 10.4 Å². The van der Waals surface area contributed by atoms with Gasteiger partial charge in [-0.1, -0.05) is 23.2 Å². The molecular weight excluding hydrogens is 410 g/mol. The Kier molecular flexibility index (Phi) is 6.59. The zero-order valence-electron chi connectivity index (χ0n) is 10.3. The molecule has 1 fully saturated rings. The lowest BCUT2D eigenvalue weighted by atomic mass is 10.2. The summed E-state index contributed by atoms with van der Waals surface area (Å²) in [5.41, 5.74) is 5.86. The zero-order valence-corrected chi connectivity index (χ0v) is 15.0.